The van der Waals surface area contributed by atoms with E-state index in [9.17, 15) is 13.2 Å². The fourth-order valence-electron chi connectivity index (χ4n) is 2.14. The van der Waals surface area contributed by atoms with Crippen molar-refractivity contribution in [1.29, 1.82) is 0 Å². The lowest BCUT2D eigenvalue weighted by Crippen LogP contribution is -2.19. The molecule has 3 aromatic rings. The molecular formula is C17H12Cl2N4O3S. The third kappa shape index (κ3) is 4.73. The number of carbonyl (C=O) groups is 1. The quantitative estimate of drug-likeness (QED) is 0.650. The number of hydrogen-bond donors (Lipinski definition) is 2. The highest BCUT2D eigenvalue weighted by atomic mass is 35.5. The van der Waals surface area contributed by atoms with Crippen molar-refractivity contribution in [3.63, 3.8) is 0 Å². The van der Waals surface area contributed by atoms with Gasteiger partial charge in [0.15, 0.2) is 0 Å². The Bertz CT molecular complexity index is 1080. The molecule has 3 rings (SSSR count). The highest BCUT2D eigenvalue weighted by Crippen LogP contribution is 2.25. The summed E-state index contributed by atoms with van der Waals surface area (Å²) in [5.74, 6) is -0.536. The summed E-state index contributed by atoms with van der Waals surface area (Å²) in [7, 11) is -3.93. The number of amides is 1. The molecule has 0 saturated carbocycles. The highest BCUT2D eigenvalue weighted by Gasteiger charge is 2.20. The summed E-state index contributed by atoms with van der Waals surface area (Å²) in [6.45, 7) is 0. The molecule has 10 heteroatoms. The van der Waals surface area contributed by atoms with E-state index in [-0.39, 0.29) is 27.1 Å². The van der Waals surface area contributed by atoms with Crippen molar-refractivity contribution in [3.05, 3.63) is 76.5 Å². The molecule has 0 aliphatic rings. The minimum Gasteiger partial charge on any atom is -0.290 e. The van der Waals surface area contributed by atoms with Gasteiger partial charge in [0, 0.05) is 22.4 Å². The Kier molecular flexibility index (Phi) is 5.59. The lowest BCUT2D eigenvalue weighted by Gasteiger charge is -2.13. The Morgan fingerprint density at radius 3 is 2.22 bits per heavy atom. The van der Waals surface area contributed by atoms with Crippen LogP contribution in [0, 0.1) is 0 Å². The molecule has 0 radical (unpaired) electrons. The summed E-state index contributed by atoms with van der Waals surface area (Å²) >= 11 is 11.8. The van der Waals surface area contributed by atoms with Crippen molar-refractivity contribution in [3.8, 4) is 0 Å². The molecule has 2 aromatic carbocycles. The van der Waals surface area contributed by atoms with Gasteiger partial charge in [-0.2, -0.15) is 0 Å². The van der Waals surface area contributed by atoms with Gasteiger partial charge in [-0.25, -0.2) is 18.4 Å². The van der Waals surface area contributed by atoms with Crippen molar-refractivity contribution in [2.45, 2.75) is 4.90 Å². The van der Waals surface area contributed by atoms with E-state index >= 15 is 0 Å². The van der Waals surface area contributed by atoms with Crippen molar-refractivity contribution >= 4 is 50.8 Å². The van der Waals surface area contributed by atoms with Crippen LogP contribution in [0.4, 0.5) is 11.6 Å². The topological polar surface area (TPSA) is 101 Å². The zero-order valence-corrected chi connectivity index (χ0v) is 15.9. The van der Waals surface area contributed by atoms with Gasteiger partial charge in [0.05, 0.1) is 16.1 Å². The van der Waals surface area contributed by atoms with E-state index in [0.29, 0.717) is 5.02 Å². The van der Waals surface area contributed by atoms with Crippen LogP contribution >= 0.6 is 23.2 Å². The minimum atomic E-state index is -3.93. The number of anilines is 2. The molecule has 1 amide bonds. The zero-order valence-electron chi connectivity index (χ0n) is 13.6. The van der Waals surface area contributed by atoms with Crippen LogP contribution in [0.3, 0.4) is 0 Å². The Morgan fingerprint density at radius 1 is 0.926 bits per heavy atom. The second-order valence-electron chi connectivity index (χ2n) is 5.28. The van der Waals surface area contributed by atoms with E-state index in [1.807, 2.05) is 0 Å². The average molecular weight is 423 g/mol. The number of benzene rings is 2. The van der Waals surface area contributed by atoms with Crippen LogP contribution in [0.2, 0.25) is 10.0 Å². The van der Waals surface area contributed by atoms with E-state index < -0.39 is 15.9 Å². The van der Waals surface area contributed by atoms with Gasteiger partial charge in [-0.15, -0.1) is 0 Å². The van der Waals surface area contributed by atoms with Gasteiger partial charge in [0.1, 0.15) is 0 Å². The molecule has 0 unspecified atom stereocenters. The number of hydrogen-bond acceptors (Lipinski definition) is 5. The second kappa shape index (κ2) is 7.91. The number of rotatable bonds is 5. The molecule has 0 saturated heterocycles. The van der Waals surface area contributed by atoms with Crippen molar-refractivity contribution in [2.75, 3.05) is 10.0 Å². The van der Waals surface area contributed by atoms with Gasteiger partial charge in [-0.05, 0) is 48.5 Å². The van der Waals surface area contributed by atoms with E-state index in [4.69, 9.17) is 23.2 Å². The largest absolute Gasteiger partial charge is 0.290 e. The first kappa shape index (κ1) is 19.1. The summed E-state index contributed by atoms with van der Waals surface area (Å²) in [5.41, 5.74) is 0.0790. The number of sulfonamides is 1. The first-order valence-corrected chi connectivity index (χ1v) is 9.75. The Balaban J connectivity index is 1.92. The van der Waals surface area contributed by atoms with Crippen LogP contribution in [-0.4, -0.2) is 24.3 Å². The molecule has 1 aromatic heterocycles. The summed E-state index contributed by atoms with van der Waals surface area (Å²) in [4.78, 5) is 20.4. The average Bonchev–Trinajstić information content (AvgIpc) is 2.64. The van der Waals surface area contributed by atoms with Gasteiger partial charge in [-0.1, -0.05) is 23.2 Å². The third-order valence-corrected chi connectivity index (χ3v) is 5.25. The van der Waals surface area contributed by atoms with Crippen molar-refractivity contribution in [2.24, 2.45) is 0 Å². The van der Waals surface area contributed by atoms with Gasteiger partial charge in [0.25, 0.3) is 15.9 Å². The number of carbonyl (C=O) groups excluding carboxylic acids is 1. The second-order valence-corrected chi connectivity index (χ2v) is 7.83. The number of nitrogens with one attached hydrogen (secondary N) is 2. The molecule has 138 valence electrons. The number of aromatic nitrogens is 2. The maximum Gasteiger partial charge on any atom is 0.261 e. The Morgan fingerprint density at radius 2 is 1.56 bits per heavy atom. The van der Waals surface area contributed by atoms with Crippen molar-refractivity contribution in [1.82, 2.24) is 9.97 Å². The van der Waals surface area contributed by atoms with Gasteiger partial charge in [0.2, 0.25) is 5.95 Å². The Labute approximate surface area is 165 Å². The molecule has 0 aliphatic carbocycles. The van der Waals surface area contributed by atoms with E-state index in [0.717, 1.165) is 0 Å². The van der Waals surface area contributed by atoms with E-state index in [1.54, 1.807) is 6.07 Å². The monoisotopic (exact) mass is 422 g/mol. The fraction of sp³-hybridized carbons (Fsp3) is 0. The molecule has 27 heavy (non-hydrogen) atoms. The molecule has 2 N–H and O–H groups in total. The molecule has 0 fully saturated rings. The predicted octanol–water partition coefficient (Wildman–Crippen LogP) is 3.84. The van der Waals surface area contributed by atoms with Crippen LogP contribution in [0.15, 0.2) is 65.8 Å². The summed E-state index contributed by atoms with van der Waals surface area (Å²) in [6.07, 6.45) is 2.93. The fourth-order valence-corrected chi connectivity index (χ4v) is 3.52. The number of halogens is 2. The molecule has 0 atom stereocenters. The van der Waals surface area contributed by atoms with Gasteiger partial charge < -0.3 is 0 Å². The molecule has 1 heterocycles. The predicted molar refractivity (Wildman–Crippen MR) is 104 cm³/mol. The van der Waals surface area contributed by atoms with Gasteiger partial charge >= 0.3 is 0 Å². The molecule has 0 aliphatic heterocycles. The van der Waals surface area contributed by atoms with Crippen LogP contribution in [0.1, 0.15) is 10.4 Å². The first-order chi connectivity index (χ1) is 12.8. The smallest absolute Gasteiger partial charge is 0.261 e. The molecule has 0 spiro atoms. The standard InChI is InChI=1S/C17H12Cl2N4O3S/c18-11-2-5-13(6-3-11)27(25,26)23-15-7-4-12(19)10-14(15)16(24)22-17-20-8-1-9-21-17/h1-10,23H,(H,20,21,22,24). The van der Waals surface area contributed by atoms with Crippen LogP contribution in [0.25, 0.3) is 0 Å². The maximum atomic E-state index is 12.6. The van der Waals surface area contributed by atoms with E-state index in [1.165, 1.54) is 54.9 Å². The first-order valence-electron chi connectivity index (χ1n) is 7.51. The van der Waals surface area contributed by atoms with Crippen LogP contribution < -0.4 is 10.0 Å². The number of nitrogens with zero attached hydrogens (tertiary/aromatic N) is 2. The maximum absolute atomic E-state index is 12.6. The summed E-state index contributed by atoms with van der Waals surface area (Å²) in [6, 6.07) is 11.4. The lowest BCUT2D eigenvalue weighted by molar-refractivity contribution is 0.102. The Hall–Kier alpha value is -2.68. The van der Waals surface area contributed by atoms with Crippen LogP contribution in [-0.2, 0) is 10.0 Å². The summed E-state index contributed by atoms with van der Waals surface area (Å²) < 4.78 is 27.6. The molecular weight excluding hydrogens is 411 g/mol. The minimum absolute atomic E-state index is 0.000370. The molecule has 0 bridgehead atoms. The normalized spacial score (nSPS) is 11.0. The SMILES string of the molecule is O=C(Nc1ncccn1)c1cc(Cl)ccc1NS(=O)(=O)c1ccc(Cl)cc1. The highest BCUT2D eigenvalue weighted by molar-refractivity contribution is 7.92. The van der Waals surface area contributed by atoms with E-state index in [2.05, 4.69) is 20.0 Å². The van der Waals surface area contributed by atoms with Gasteiger partial charge in [-0.3, -0.25) is 14.8 Å². The zero-order chi connectivity index (χ0) is 19.4. The van der Waals surface area contributed by atoms with Crippen molar-refractivity contribution < 1.29 is 13.2 Å². The summed E-state index contributed by atoms with van der Waals surface area (Å²) in [5, 5.41) is 3.16. The lowest BCUT2D eigenvalue weighted by atomic mass is 10.1. The van der Waals surface area contributed by atoms with Crippen LogP contribution in [0.5, 0.6) is 0 Å². The molecule has 7 nitrogen and oxygen atoms in total. The third-order valence-electron chi connectivity index (χ3n) is 3.39.